The summed E-state index contributed by atoms with van der Waals surface area (Å²) in [4.78, 5) is 2.73. The summed E-state index contributed by atoms with van der Waals surface area (Å²) in [6, 6.07) is 42.7. The van der Waals surface area contributed by atoms with Crippen molar-refractivity contribution < 1.29 is 0 Å². The Bertz CT molecular complexity index is 2420. The van der Waals surface area contributed by atoms with Gasteiger partial charge in [-0.15, -0.1) is 22.7 Å². The first-order valence-electron chi connectivity index (χ1n) is 24.1. The Kier molecular flexibility index (Phi) is 15.4. The summed E-state index contributed by atoms with van der Waals surface area (Å²) in [5.41, 5.74) is 5.67. The zero-order valence-electron chi connectivity index (χ0n) is 36.8. The van der Waals surface area contributed by atoms with Gasteiger partial charge < -0.3 is 0 Å². The average Bonchev–Trinajstić information content (AvgIpc) is 3.91. The van der Waals surface area contributed by atoms with Crippen molar-refractivity contribution in [2.75, 3.05) is 0 Å². The third-order valence-electron chi connectivity index (χ3n) is 13.2. The fourth-order valence-electron chi connectivity index (χ4n) is 9.77. The minimum atomic E-state index is 1.19. The molecule has 0 bridgehead atoms. The van der Waals surface area contributed by atoms with Gasteiger partial charge >= 0.3 is 0 Å². The minimum Gasteiger partial charge on any atom is -0.135 e. The summed E-state index contributed by atoms with van der Waals surface area (Å²) in [7, 11) is 0. The van der Waals surface area contributed by atoms with E-state index in [0.717, 1.165) is 0 Å². The van der Waals surface area contributed by atoms with Gasteiger partial charge in [0.15, 0.2) is 0 Å². The SMILES string of the molecule is CCCCCCCCCCCCc1ccc2sc(-c3cccc4c3ccc3c5cccc(-c6cc7cc(CCCCCCCCCCCC)ccc7s6)c5ccc43)cc2c1. The molecule has 0 amide bonds. The van der Waals surface area contributed by atoms with E-state index in [-0.39, 0.29) is 0 Å². The molecule has 312 valence electrons. The van der Waals surface area contributed by atoms with Crippen molar-refractivity contribution in [1.82, 2.24) is 0 Å². The first-order valence-corrected chi connectivity index (χ1v) is 25.8. The number of thiophene rings is 2. The van der Waals surface area contributed by atoms with Crippen LogP contribution in [-0.2, 0) is 12.8 Å². The van der Waals surface area contributed by atoms with E-state index < -0.39 is 0 Å². The standard InChI is InChI=1S/C58H68S2/c1-3-5-7-9-11-13-15-17-19-21-25-43-31-37-55-45(39-43)41-57(59-55)53-29-23-27-47-49-34-36-52-48(50(49)33-35-51(47)53)28-24-30-54(52)58-42-46-40-44(32-38-56(46)60-58)26-22-20-18-16-14-12-10-8-6-4-2/h23-24,27-42H,3-22,25-26H2,1-2H3. The second-order valence-corrected chi connectivity index (χ2v) is 20.0. The van der Waals surface area contributed by atoms with Crippen molar-refractivity contribution in [1.29, 1.82) is 0 Å². The van der Waals surface area contributed by atoms with E-state index in [4.69, 9.17) is 0 Å². The molecule has 2 heteroatoms. The number of hydrogen-bond donors (Lipinski definition) is 0. The van der Waals surface area contributed by atoms with E-state index in [1.165, 1.54) is 226 Å². The van der Waals surface area contributed by atoms with Crippen molar-refractivity contribution in [3.8, 4) is 20.9 Å². The van der Waals surface area contributed by atoms with Crippen molar-refractivity contribution in [2.24, 2.45) is 0 Å². The molecule has 6 aromatic carbocycles. The molecule has 0 fully saturated rings. The van der Waals surface area contributed by atoms with Crippen LogP contribution >= 0.6 is 22.7 Å². The topological polar surface area (TPSA) is 0 Å². The lowest BCUT2D eigenvalue weighted by molar-refractivity contribution is 0.556. The summed E-state index contributed by atoms with van der Waals surface area (Å²) in [6.45, 7) is 4.60. The lowest BCUT2D eigenvalue weighted by Gasteiger charge is -2.12. The monoisotopic (exact) mass is 828 g/mol. The predicted octanol–water partition coefficient (Wildman–Crippen LogP) is 19.8. The number of hydrogen-bond acceptors (Lipinski definition) is 2. The van der Waals surface area contributed by atoms with E-state index in [9.17, 15) is 0 Å². The summed E-state index contributed by atoms with van der Waals surface area (Å²) in [6.07, 6.45) is 30.2. The van der Waals surface area contributed by atoms with Crippen LogP contribution in [0.4, 0.5) is 0 Å². The first-order chi connectivity index (χ1) is 29.7. The Hall–Kier alpha value is -3.98. The van der Waals surface area contributed by atoms with E-state index in [2.05, 4.69) is 123 Å². The molecule has 8 aromatic rings. The molecule has 0 radical (unpaired) electrons. The molecule has 0 N–H and O–H groups in total. The summed E-state index contributed by atoms with van der Waals surface area (Å²) >= 11 is 3.88. The van der Waals surface area contributed by atoms with Gasteiger partial charge in [0.05, 0.1) is 0 Å². The maximum Gasteiger partial charge on any atom is 0.0361 e. The van der Waals surface area contributed by atoms with E-state index >= 15 is 0 Å². The Morgan fingerprint density at radius 2 is 0.667 bits per heavy atom. The van der Waals surface area contributed by atoms with Gasteiger partial charge in [0, 0.05) is 19.2 Å². The van der Waals surface area contributed by atoms with Crippen LogP contribution in [0.5, 0.6) is 0 Å². The Labute approximate surface area is 369 Å². The van der Waals surface area contributed by atoms with Crippen molar-refractivity contribution in [3.05, 3.63) is 120 Å². The van der Waals surface area contributed by atoms with Gasteiger partial charge in [0.2, 0.25) is 0 Å². The molecule has 0 saturated carbocycles. The second-order valence-electron chi connectivity index (χ2n) is 17.9. The first kappa shape index (κ1) is 42.7. The maximum atomic E-state index is 2.46. The zero-order chi connectivity index (χ0) is 40.9. The van der Waals surface area contributed by atoms with Crippen molar-refractivity contribution >= 4 is 75.2 Å². The molecule has 0 saturated heterocycles. The smallest absolute Gasteiger partial charge is 0.0361 e. The molecule has 0 aliphatic carbocycles. The largest absolute Gasteiger partial charge is 0.135 e. The van der Waals surface area contributed by atoms with Gasteiger partial charge in [0.1, 0.15) is 0 Å². The van der Waals surface area contributed by atoms with Gasteiger partial charge in [-0.2, -0.15) is 0 Å². The molecule has 0 spiro atoms. The molecule has 0 nitrogen and oxygen atoms in total. The quantitative estimate of drug-likeness (QED) is 0.0420. The second kappa shape index (κ2) is 21.7. The molecule has 0 aliphatic rings. The van der Waals surface area contributed by atoms with Gasteiger partial charge in [-0.1, -0.05) is 214 Å². The van der Waals surface area contributed by atoms with Gasteiger partial charge in [0.25, 0.3) is 0 Å². The fraction of sp³-hybridized carbons (Fsp3) is 0.414. The van der Waals surface area contributed by atoms with Gasteiger partial charge in [-0.3, -0.25) is 0 Å². The van der Waals surface area contributed by atoms with E-state index in [0.29, 0.717) is 0 Å². The maximum absolute atomic E-state index is 2.46. The summed E-state index contributed by atoms with van der Waals surface area (Å²) in [5.74, 6) is 0. The Morgan fingerprint density at radius 3 is 1.07 bits per heavy atom. The minimum absolute atomic E-state index is 1.19. The van der Waals surface area contributed by atoms with Crippen molar-refractivity contribution in [2.45, 2.75) is 155 Å². The highest BCUT2D eigenvalue weighted by Gasteiger charge is 2.14. The summed E-state index contributed by atoms with van der Waals surface area (Å²) in [5, 5.41) is 10.8. The number of rotatable bonds is 24. The third kappa shape index (κ3) is 10.5. The van der Waals surface area contributed by atoms with E-state index in [1.807, 2.05) is 22.7 Å². The highest BCUT2D eigenvalue weighted by atomic mass is 32.1. The molecule has 2 heterocycles. The van der Waals surface area contributed by atoms with Crippen LogP contribution in [0, 0.1) is 0 Å². The number of aryl methyl sites for hydroxylation is 2. The number of fused-ring (bicyclic) bond motifs is 7. The van der Waals surface area contributed by atoms with Gasteiger partial charge in [-0.25, -0.2) is 0 Å². The van der Waals surface area contributed by atoms with Crippen LogP contribution < -0.4 is 0 Å². The molecule has 0 aliphatic heterocycles. The van der Waals surface area contributed by atoms with Crippen molar-refractivity contribution in [3.63, 3.8) is 0 Å². The van der Waals surface area contributed by atoms with Crippen LogP contribution in [0.15, 0.2) is 109 Å². The average molecular weight is 829 g/mol. The van der Waals surface area contributed by atoms with E-state index in [1.54, 1.807) is 0 Å². The number of benzene rings is 6. The Morgan fingerprint density at radius 1 is 0.317 bits per heavy atom. The van der Waals surface area contributed by atoms with Crippen LogP contribution in [0.2, 0.25) is 0 Å². The van der Waals surface area contributed by atoms with Crippen LogP contribution in [-0.4, -0.2) is 0 Å². The molecule has 60 heavy (non-hydrogen) atoms. The third-order valence-corrected chi connectivity index (χ3v) is 15.5. The highest BCUT2D eigenvalue weighted by molar-refractivity contribution is 7.22. The van der Waals surface area contributed by atoms with Crippen LogP contribution in [0.1, 0.15) is 153 Å². The molecule has 0 unspecified atom stereocenters. The normalized spacial score (nSPS) is 12.0. The molecule has 0 atom stereocenters. The molecular formula is C58H68S2. The molecule has 8 rings (SSSR count). The van der Waals surface area contributed by atoms with Crippen LogP contribution in [0.3, 0.4) is 0 Å². The lowest BCUT2D eigenvalue weighted by atomic mass is 9.93. The molecular weight excluding hydrogens is 761 g/mol. The summed E-state index contributed by atoms with van der Waals surface area (Å²) < 4.78 is 2.78. The zero-order valence-corrected chi connectivity index (χ0v) is 38.4. The van der Waals surface area contributed by atoms with Gasteiger partial charge in [-0.05, 0) is 115 Å². The van der Waals surface area contributed by atoms with Crippen LogP contribution in [0.25, 0.3) is 73.4 Å². The molecule has 2 aromatic heterocycles. The predicted molar refractivity (Wildman–Crippen MR) is 272 cm³/mol. The number of unbranched alkanes of at least 4 members (excludes halogenated alkanes) is 18. The lowest BCUT2D eigenvalue weighted by Crippen LogP contribution is -1.86. The highest BCUT2D eigenvalue weighted by Crippen LogP contribution is 2.43. The Balaban J connectivity index is 0.937. The fourth-order valence-corrected chi connectivity index (χ4v) is 11.9.